The molecule has 0 amide bonds. The van der Waals surface area contributed by atoms with Gasteiger partial charge in [-0.2, -0.15) is 0 Å². The maximum absolute atomic E-state index is 13.4. The van der Waals surface area contributed by atoms with Crippen molar-refractivity contribution in [2.75, 3.05) is 13.2 Å². The van der Waals surface area contributed by atoms with Gasteiger partial charge in [0.1, 0.15) is 0 Å². The van der Waals surface area contributed by atoms with Crippen LogP contribution in [0.5, 0.6) is 5.75 Å². The Balaban J connectivity index is 2.78. The number of nitrogens with two attached hydrogens (primary N) is 2. The highest BCUT2D eigenvalue weighted by Gasteiger charge is 2.08. The Kier molecular flexibility index (Phi) is 4.52. The molecule has 1 aromatic rings. The van der Waals surface area contributed by atoms with Gasteiger partial charge in [0.2, 0.25) is 0 Å². The zero-order chi connectivity index (χ0) is 11.3. The highest BCUT2D eigenvalue weighted by atomic mass is 19.1. The lowest BCUT2D eigenvalue weighted by Crippen LogP contribution is -2.20. The normalized spacial score (nSPS) is 12.5. The summed E-state index contributed by atoms with van der Waals surface area (Å²) < 4.78 is 18.7. The fourth-order valence-electron chi connectivity index (χ4n) is 1.21. The molecule has 0 aliphatic rings. The maximum atomic E-state index is 13.4. The molecule has 0 aliphatic carbocycles. The lowest BCUT2D eigenvalue weighted by Gasteiger charge is -2.11. The lowest BCUT2D eigenvalue weighted by atomic mass is 10.1. The van der Waals surface area contributed by atoms with Crippen LogP contribution in [0.2, 0.25) is 0 Å². The summed E-state index contributed by atoms with van der Waals surface area (Å²) in [6.45, 7) is 2.78. The topological polar surface area (TPSA) is 61.3 Å². The molecule has 4 N–H and O–H groups in total. The van der Waals surface area contributed by atoms with Crippen molar-refractivity contribution in [3.63, 3.8) is 0 Å². The molecule has 0 aliphatic heterocycles. The molecule has 0 heterocycles. The Labute approximate surface area is 89.2 Å². The highest BCUT2D eigenvalue weighted by molar-refractivity contribution is 5.31. The van der Waals surface area contributed by atoms with Crippen molar-refractivity contribution in [2.45, 2.75) is 19.4 Å². The first-order chi connectivity index (χ1) is 7.19. The number of hydrogen-bond donors (Lipinski definition) is 2. The monoisotopic (exact) mass is 212 g/mol. The third-order valence-corrected chi connectivity index (χ3v) is 2.10. The number of ether oxygens (including phenoxy) is 1. The molecule has 1 aromatic carbocycles. The van der Waals surface area contributed by atoms with Crippen molar-refractivity contribution in [2.24, 2.45) is 11.5 Å². The summed E-state index contributed by atoms with van der Waals surface area (Å²) in [4.78, 5) is 0. The van der Waals surface area contributed by atoms with E-state index in [1.54, 1.807) is 12.1 Å². The molecule has 3 nitrogen and oxygen atoms in total. The predicted octanol–water partition coefficient (Wildman–Crippen LogP) is 1.57. The minimum absolute atomic E-state index is 0.268. The second kappa shape index (κ2) is 5.68. The summed E-state index contributed by atoms with van der Waals surface area (Å²) >= 11 is 0. The smallest absolute Gasteiger partial charge is 0.165 e. The van der Waals surface area contributed by atoms with Crippen molar-refractivity contribution < 1.29 is 9.13 Å². The molecule has 0 spiro atoms. The summed E-state index contributed by atoms with van der Waals surface area (Å²) in [7, 11) is 0. The van der Waals surface area contributed by atoms with Crippen molar-refractivity contribution in [3.05, 3.63) is 29.6 Å². The van der Waals surface area contributed by atoms with Gasteiger partial charge >= 0.3 is 0 Å². The largest absolute Gasteiger partial charge is 0.491 e. The van der Waals surface area contributed by atoms with E-state index in [0.29, 0.717) is 18.7 Å². The van der Waals surface area contributed by atoms with Crippen LogP contribution in [0.15, 0.2) is 18.2 Å². The van der Waals surface area contributed by atoms with Gasteiger partial charge in [-0.25, -0.2) is 4.39 Å². The molecular formula is C11H17FN2O. The van der Waals surface area contributed by atoms with Crippen LogP contribution in [-0.4, -0.2) is 13.2 Å². The summed E-state index contributed by atoms with van der Waals surface area (Å²) in [5, 5.41) is 0. The summed E-state index contributed by atoms with van der Waals surface area (Å²) in [5.74, 6) is -0.116. The minimum atomic E-state index is -0.384. The Hall–Kier alpha value is -1.13. The van der Waals surface area contributed by atoms with Crippen LogP contribution in [-0.2, 0) is 0 Å². The van der Waals surface area contributed by atoms with Gasteiger partial charge in [0.05, 0.1) is 6.61 Å². The quantitative estimate of drug-likeness (QED) is 0.778. The first-order valence-corrected chi connectivity index (χ1v) is 5.07. The van der Waals surface area contributed by atoms with Gasteiger partial charge in [-0.05, 0) is 24.1 Å². The third kappa shape index (κ3) is 3.18. The van der Waals surface area contributed by atoms with Gasteiger partial charge in [-0.3, -0.25) is 0 Å². The van der Waals surface area contributed by atoms with Crippen molar-refractivity contribution >= 4 is 0 Å². The van der Waals surface area contributed by atoms with Crippen molar-refractivity contribution in [1.82, 2.24) is 0 Å². The zero-order valence-corrected chi connectivity index (χ0v) is 8.87. The maximum Gasteiger partial charge on any atom is 0.165 e. The fraction of sp³-hybridized carbons (Fsp3) is 0.455. The molecule has 0 bridgehead atoms. The van der Waals surface area contributed by atoms with Crippen LogP contribution < -0.4 is 16.2 Å². The van der Waals surface area contributed by atoms with E-state index in [1.165, 1.54) is 6.07 Å². The first-order valence-electron chi connectivity index (χ1n) is 5.07. The average Bonchev–Trinajstić information content (AvgIpc) is 2.26. The zero-order valence-electron chi connectivity index (χ0n) is 8.87. The van der Waals surface area contributed by atoms with Crippen LogP contribution >= 0.6 is 0 Å². The van der Waals surface area contributed by atoms with Gasteiger partial charge in [-0.15, -0.1) is 0 Å². The summed E-state index contributed by atoms with van der Waals surface area (Å²) in [6.07, 6.45) is 0.851. The Morgan fingerprint density at radius 3 is 2.73 bits per heavy atom. The van der Waals surface area contributed by atoms with E-state index in [1.807, 2.05) is 6.92 Å². The van der Waals surface area contributed by atoms with Gasteiger partial charge in [0.25, 0.3) is 0 Å². The molecule has 15 heavy (non-hydrogen) atoms. The molecular weight excluding hydrogens is 195 g/mol. The molecule has 1 unspecified atom stereocenters. The molecule has 0 saturated carbocycles. The SMILES string of the molecule is CCCOc1ccc(C(N)CN)cc1F. The molecule has 4 heteroatoms. The molecule has 1 atom stereocenters. The standard InChI is InChI=1S/C11H17FN2O/c1-2-5-15-11-4-3-8(6-9(11)12)10(14)7-13/h3-4,6,10H,2,5,7,13-14H2,1H3. The second-order valence-electron chi connectivity index (χ2n) is 3.38. The van der Waals surface area contributed by atoms with Crippen molar-refractivity contribution in [3.8, 4) is 5.75 Å². The third-order valence-electron chi connectivity index (χ3n) is 2.10. The molecule has 0 radical (unpaired) electrons. The molecule has 1 rings (SSSR count). The van der Waals surface area contributed by atoms with Crippen LogP contribution in [0, 0.1) is 5.82 Å². The Morgan fingerprint density at radius 1 is 1.47 bits per heavy atom. The molecule has 0 aromatic heterocycles. The Morgan fingerprint density at radius 2 is 2.20 bits per heavy atom. The second-order valence-corrected chi connectivity index (χ2v) is 3.38. The van der Waals surface area contributed by atoms with E-state index >= 15 is 0 Å². The minimum Gasteiger partial charge on any atom is -0.491 e. The number of rotatable bonds is 5. The number of hydrogen-bond acceptors (Lipinski definition) is 3. The number of halogens is 1. The van der Waals surface area contributed by atoms with Gasteiger partial charge in [-0.1, -0.05) is 13.0 Å². The predicted molar refractivity (Wildman–Crippen MR) is 58.2 cm³/mol. The fourth-order valence-corrected chi connectivity index (χ4v) is 1.21. The van der Waals surface area contributed by atoms with Gasteiger partial charge < -0.3 is 16.2 Å². The first kappa shape index (κ1) is 11.9. The van der Waals surface area contributed by atoms with Crippen molar-refractivity contribution in [1.29, 1.82) is 0 Å². The Bertz CT molecular complexity index is 317. The van der Waals surface area contributed by atoms with Crippen LogP contribution in [0.4, 0.5) is 4.39 Å². The van der Waals surface area contributed by atoms with E-state index < -0.39 is 0 Å². The van der Waals surface area contributed by atoms with E-state index in [4.69, 9.17) is 16.2 Å². The van der Waals surface area contributed by atoms with Gasteiger partial charge in [0.15, 0.2) is 11.6 Å². The molecule has 0 saturated heterocycles. The lowest BCUT2D eigenvalue weighted by molar-refractivity contribution is 0.301. The van der Waals surface area contributed by atoms with Crippen LogP contribution in [0.3, 0.4) is 0 Å². The average molecular weight is 212 g/mol. The van der Waals surface area contributed by atoms with Crippen LogP contribution in [0.25, 0.3) is 0 Å². The van der Waals surface area contributed by atoms with E-state index in [-0.39, 0.29) is 17.6 Å². The molecule has 0 fully saturated rings. The summed E-state index contributed by atoms with van der Waals surface area (Å²) in [6, 6.07) is 4.39. The van der Waals surface area contributed by atoms with Crippen LogP contribution in [0.1, 0.15) is 24.9 Å². The highest BCUT2D eigenvalue weighted by Crippen LogP contribution is 2.21. The van der Waals surface area contributed by atoms with Gasteiger partial charge in [0, 0.05) is 12.6 Å². The van der Waals surface area contributed by atoms with E-state index in [9.17, 15) is 4.39 Å². The molecule has 84 valence electrons. The summed E-state index contributed by atoms with van der Waals surface area (Å²) in [5.41, 5.74) is 11.8. The van der Waals surface area contributed by atoms with E-state index in [0.717, 1.165) is 6.42 Å². The number of benzene rings is 1. The van der Waals surface area contributed by atoms with E-state index in [2.05, 4.69) is 0 Å².